The predicted molar refractivity (Wildman–Crippen MR) is 192 cm³/mol. The Kier molecular flexibility index (Phi) is 12.8. The van der Waals surface area contributed by atoms with Crippen molar-refractivity contribution in [1.82, 2.24) is 4.90 Å². The van der Waals surface area contributed by atoms with Crippen LogP contribution in [0.2, 0.25) is 10.0 Å². The monoisotopic (exact) mass is 721 g/mol. The Morgan fingerprint density at radius 1 is 0.920 bits per heavy atom. The molecule has 0 saturated carbocycles. The van der Waals surface area contributed by atoms with Crippen LogP contribution in [-0.2, 0) is 20.7 Å². The normalized spacial score (nSPS) is 14.7. The van der Waals surface area contributed by atoms with E-state index in [9.17, 15) is 14.8 Å². The van der Waals surface area contributed by atoms with Crippen molar-refractivity contribution in [2.45, 2.75) is 38.3 Å². The molecule has 2 heterocycles. The van der Waals surface area contributed by atoms with E-state index >= 15 is 0 Å². The highest BCUT2D eigenvalue weighted by molar-refractivity contribution is 6.35. The number of hydrogen-bond donors (Lipinski definition) is 1. The molecule has 2 atom stereocenters. The number of anilines is 1. The first-order chi connectivity index (χ1) is 24.2. The molecule has 10 nitrogen and oxygen atoms in total. The highest BCUT2D eigenvalue weighted by Gasteiger charge is 2.27. The molecular formula is C38H41Cl2N3O7. The van der Waals surface area contributed by atoms with E-state index in [4.69, 9.17) is 42.1 Å². The van der Waals surface area contributed by atoms with E-state index in [1.165, 1.54) is 26.6 Å². The Labute approximate surface area is 302 Å². The number of methoxy groups -OCH3 is 2. The Morgan fingerprint density at radius 3 is 2.20 bits per heavy atom. The summed E-state index contributed by atoms with van der Waals surface area (Å²) in [4.78, 5) is 29.4. The van der Waals surface area contributed by atoms with Crippen molar-refractivity contribution in [3.05, 3.63) is 123 Å². The smallest absolute Gasteiger partial charge is 0.338 e. The third-order valence-electron chi connectivity index (χ3n) is 8.89. The van der Waals surface area contributed by atoms with Gasteiger partial charge in [-0.25, -0.2) is 9.59 Å². The molecule has 1 aliphatic heterocycles. The fourth-order valence-electron chi connectivity index (χ4n) is 5.93. The number of likely N-dealkylation sites (tertiary alicyclic amines) is 1. The fraction of sp³-hybridized carbons (Fsp3) is 0.342. The zero-order chi connectivity index (χ0) is 35.6. The number of piperidine rings is 1. The molecular weight excluding hydrogens is 681 g/mol. The molecule has 4 aromatic rings. The number of carbonyl (C=O) groups is 2. The van der Waals surface area contributed by atoms with Gasteiger partial charge < -0.3 is 34.4 Å². The highest BCUT2D eigenvalue weighted by Crippen LogP contribution is 2.35. The minimum Gasteiger partial charge on any atom is -0.619 e. The second-order valence-electron chi connectivity index (χ2n) is 12.1. The van der Waals surface area contributed by atoms with Crippen molar-refractivity contribution in [2.75, 3.05) is 45.8 Å². The van der Waals surface area contributed by atoms with Gasteiger partial charge >= 0.3 is 11.9 Å². The average molecular weight is 723 g/mol. The number of ether oxygens (including phenoxy) is 4. The van der Waals surface area contributed by atoms with Crippen LogP contribution in [0.4, 0.5) is 5.69 Å². The zero-order valence-corrected chi connectivity index (χ0v) is 29.8. The van der Waals surface area contributed by atoms with Gasteiger partial charge in [0, 0.05) is 17.7 Å². The first-order valence-corrected chi connectivity index (χ1v) is 17.2. The Morgan fingerprint density at radius 2 is 1.58 bits per heavy atom. The summed E-state index contributed by atoms with van der Waals surface area (Å²) in [6.45, 7) is 5.59. The molecule has 0 spiro atoms. The molecule has 0 radical (unpaired) electrons. The summed E-state index contributed by atoms with van der Waals surface area (Å²) in [5, 5.41) is 15.4. The van der Waals surface area contributed by atoms with Gasteiger partial charge in [-0.15, -0.1) is 0 Å². The molecule has 1 aromatic heterocycles. The number of carbonyl (C=O) groups excluding carboxylic acids is 2. The fourth-order valence-corrected chi connectivity index (χ4v) is 6.53. The van der Waals surface area contributed by atoms with Gasteiger partial charge in [-0.1, -0.05) is 66.5 Å². The van der Waals surface area contributed by atoms with Crippen LogP contribution in [0.15, 0.2) is 85.2 Å². The number of rotatable bonds is 14. The molecule has 50 heavy (non-hydrogen) atoms. The first kappa shape index (κ1) is 36.8. The summed E-state index contributed by atoms with van der Waals surface area (Å²) in [6, 6.07) is 20.5. The Bertz CT molecular complexity index is 1730. The largest absolute Gasteiger partial charge is 0.619 e. The second-order valence-corrected chi connectivity index (χ2v) is 12.9. The zero-order valence-electron chi connectivity index (χ0n) is 28.3. The lowest BCUT2D eigenvalue weighted by Crippen LogP contribution is -2.35. The highest BCUT2D eigenvalue weighted by atomic mass is 35.5. The summed E-state index contributed by atoms with van der Waals surface area (Å²) in [5.74, 6) is 0.311. The minimum absolute atomic E-state index is 0.0813. The molecule has 3 aromatic carbocycles. The van der Waals surface area contributed by atoms with Crippen LogP contribution in [0, 0.1) is 11.1 Å². The van der Waals surface area contributed by atoms with Crippen LogP contribution >= 0.6 is 23.2 Å². The van der Waals surface area contributed by atoms with E-state index < -0.39 is 18.1 Å². The van der Waals surface area contributed by atoms with Gasteiger partial charge in [0.1, 0.15) is 16.1 Å². The van der Waals surface area contributed by atoms with Gasteiger partial charge in [0.15, 0.2) is 29.9 Å². The number of nitrogens with one attached hydrogen (secondary N) is 1. The second kappa shape index (κ2) is 17.4. The summed E-state index contributed by atoms with van der Waals surface area (Å²) < 4.78 is 23.2. The third-order valence-corrected chi connectivity index (χ3v) is 9.54. The van der Waals surface area contributed by atoms with Gasteiger partial charge in [-0.05, 0) is 85.9 Å². The van der Waals surface area contributed by atoms with Crippen molar-refractivity contribution in [3.63, 3.8) is 0 Å². The number of benzene rings is 3. The Balaban J connectivity index is 1.32. The molecule has 5 rings (SSSR count). The molecule has 1 aliphatic rings. The number of esters is 2. The van der Waals surface area contributed by atoms with Crippen molar-refractivity contribution in [1.29, 1.82) is 0 Å². The number of aromatic nitrogens is 1. The van der Waals surface area contributed by atoms with E-state index in [2.05, 4.69) is 17.1 Å². The van der Waals surface area contributed by atoms with Crippen LogP contribution in [0.5, 0.6) is 11.5 Å². The quantitative estimate of drug-likeness (QED) is 0.0820. The Hall–Kier alpha value is -4.51. The molecule has 1 N–H and O–H groups in total. The SMILES string of the molecule is CCN1CCC(COC(=O)C(Nc2ccc(C(=O)O[C@@H](Cc3c(Cl)c[n+]([O-])cc3Cl)c3ccc(OC)c(OC)c3)cc2)c2ccccc2)CC1. The maximum atomic E-state index is 13.6. The predicted octanol–water partition coefficient (Wildman–Crippen LogP) is 7.21. The van der Waals surface area contributed by atoms with Crippen LogP contribution in [-0.4, -0.2) is 57.3 Å². The van der Waals surface area contributed by atoms with E-state index in [0.29, 0.717) is 45.6 Å². The van der Waals surface area contributed by atoms with Gasteiger partial charge in [0.2, 0.25) is 0 Å². The number of pyridine rings is 1. The van der Waals surface area contributed by atoms with Gasteiger partial charge in [0.05, 0.1) is 26.4 Å². The van der Waals surface area contributed by atoms with Crippen molar-refractivity contribution < 1.29 is 33.3 Å². The molecule has 264 valence electrons. The average Bonchev–Trinajstić information content (AvgIpc) is 3.14. The summed E-state index contributed by atoms with van der Waals surface area (Å²) >= 11 is 12.8. The molecule has 1 saturated heterocycles. The van der Waals surface area contributed by atoms with Crippen LogP contribution in [0.1, 0.15) is 59.0 Å². The van der Waals surface area contributed by atoms with Gasteiger partial charge in [-0.3, -0.25) is 0 Å². The molecule has 1 fully saturated rings. The topological polar surface area (TPSA) is 113 Å². The van der Waals surface area contributed by atoms with Crippen LogP contribution < -0.4 is 19.5 Å². The summed E-state index contributed by atoms with van der Waals surface area (Å²) in [6.07, 6.45) is 3.61. The maximum Gasteiger partial charge on any atom is 0.338 e. The van der Waals surface area contributed by atoms with Gasteiger partial charge in [0.25, 0.3) is 0 Å². The van der Waals surface area contributed by atoms with Crippen molar-refractivity contribution >= 4 is 40.8 Å². The standard InChI is InChI=1S/C38H41Cl2N3O7/c1-4-42-18-16-25(17-19-42)24-49-38(45)36(26-8-6-5-7-9-26)41-29-13-10-27(11-14-29)37(44)50-34(21-30-31(39)22-43(46)23-32(30)40)28-12-15-33(47-2)35(20-28)48-3/h5-15,20,22-23,25,34,36,41H,4,16-19,21,24H2,1-3H3/t34-,36?/m0/s1. The lowest BCUT2D eigenvalue weighted by Gasteiger charge is -2.31. The molecule has 12 heteroatoms. The minimum atomic E-state index is -0.857. The maximum absolute atomic E-state index is 13.6. The van der Waals surface area contributed by atoms with Crippen molar-refractivity contribution in [2.24, 2.45) is 5.92 Å². The van der Waals surface area contributed by atoms with E-state index in [0.717, 1.165) is 38.0 Å². The summed E-state index contributed by atoms with van der Waals surface area (Å²) in [5.41, 5.74) is 2.70. The first-order valence-electron chi connectivity index (χ1n) is 16.5. The number of nitrogens with zero attached hydrogens (tertiary/aromatic N) is 2. The van der Waals surface area contributed by atoms with Gasteiger partial charge in [-0.2, -0.15) is 4.73 Å². The van der Waals surface area contributed by atoms with Crippen LogP contribution in [0.3, 0.4) is 0 Å². The summed E-state index contributed by atoms with van der Waals surface area (Å²) in [7, 11) is 3.03. The molecule has 0 aliphatic carbocycles. The molecule has 1 unspecified atom stereocenters. The van der Waals surface area contributed by atoms with E-state index in [-0.39, 0.29) is 28.0 Å². The van der Waals surface area contributed by atoms with Crippen LogP contribution in [0.25, 0.3) is 0 Å². The number of halogens is 2. The van der Waals surface area contributed by atoms with E-state index in [1.54, 1.807) is 42.5 Å². The third kappa shape index (κ3) is 9.38. The van der Waals surface area contributed by atoms with E-state index in [1.807, 2.05) is 30.3 Å². The molecule has 0 amide bonds. The molecule has 0 bridgehead atoms. The number of hydrogen-bond acceptors (Lipinski definition) is 9. The van der Waals surface area contributed by atoms with Crippen molar-refractivity contribution in [3.8, 4) is 11.5 Å². The lowest BCUT2D eigenvalue weighted by molar-refractivity contribution is -0.605. The lowest BCUT2D eigenvalue weighted by atomic mass is 9.98.